The Hall–Kier alpha value is -2.32. The van der Waals surface area contributed by atoms with E-state index in [1.807, 2.05) is 6.92 Å². The van der Waals surface area contributed by atoms with Crippen molar-refractivity contribution >= 4 is 40.1 Å². The molecule has 2 atom stereocenters. The standard InChI is InChI=1S/C18H20ClN5O2S/c1-10-8-18(2,24-17(20)27-10)14-6-11(4-5-21-14)23-16(25)15-13(19)7-12(26-3)9-22-15/h4-7,9-10H,8H2,1-3H3,(H2,20,24)(H,21,23,25)/t10-,18+/m1/s1. The molecule has 0 bridgehead atoms. The Morgan fingerprint density at radius 2 is 2.22 bits per heavy atom. The molecule has 0 unspecified atom stereocenters. The van der Waals surface area contributed by atoms with Gasteiger partial charge in [0.05, 0.1) is 24.0 Å². The zero-order chi connectivity index (χ0) is 19.6. The number of anilines is 1. The van der Waals surface area contributed by atoms with Crippen molar-refractivity contribution in [1.29, 1.82) is 0 Å². The summed E-state index contributed by atoms with van der Waals surface area (Å²) < 4.78 is 5.05. The highest BCUT2D eigenvalue weighted by Gasteiger charge is 2.34. The highest BCUT2D eigenvalue weighted by Crippen LogP contribution is 2.38. The number of halogens is 1. The number of rotatable bonds is 4. The largest absolute Gasteiger partial charge is 0.495 e. The Kier molecular flexibility index (Phi) is 5.57. The molecular weight excluding hydrogens is 386 g/mol. The van der Waals surface area contributed by atoms with Crippen LogP contribution in [0.15, 0.2) is 35.6 Å². The van der Waals surface area contributed by atoms with Crippen LogP contribution in [0.2, 0.25) is 5.02 Å². The van der Waals surface area contributed by atoms with Gasteiger partial charge >= 0.3 is 0 Å². The Labute approximate surface area is 166 Å². The van der Waals surface area contributed by atoms with Gasteiger partial charge in [-0.15, -0.1) is 0 Å². The van der Waals surface area contributed by atoms with Crippen LogP contribution in [0.5, 0.6) is 5.75 Å². The smallest absolute Gasteiger partial charge is 0.275 e. The summed E-state index contributed by atoms with van der Waals surface area (Å²) in [6.07, 6.45) is 3.88. The average molecular weight is 406 g/mol. The number of thioether (sulfide) groups is 1. The van der Waals surface area contributed by atoms with Crippen LogP contribution in [-0.2, 0) is 5.54 Å². The van der Waals surface area contributed by atoms with Gasteiger partial charge in [-0.05, 0) is 25.5 Å². The fourth-order valence-electron chi connectivity index (χ4n) is 2.98. The fourth-order valence-corrected chi connectivity index (χ4v) is 4.29. The van der Waals surface area contributed by atoms with Gasteiger partial charge in [0.1, 0.15) is 17.0 Å². The summed E-state index contributed by atoms with van der Waals surface area (Å²) in [7, 11) is 1.51. The van der Waals surface area contributed by atoms with Crippen molar-refractivity contribution in [3.63, 3.8) is 0 Å². The number of aromatic nitrogens is 2. The Balaban J connectivity index is 1.84. The van der Waals surface area contributed by atoms with Crippen LogP contribution in [0.1, 0.15) is 36.5 Å². The number of amides is 1. The SMILES string of the molecule is COc1cnc(C(=O)Nc2ccnc([C@]3(C)C[C@@H](C)SC(N)=N3)c2)c(Cl)c1. The van der Waals surface area contributed by atoms with Crippen molar-refractivity contribution in [2.24, 2.45) is 10.7 Å². The normalized spacial score (nSPS) is 22.1. The van der Waals surface area contributed by atoms with Crippen LogP contribution < -0.4 is 15.8 Å². The number of nitrogens with one attached hydrogen (secondary N) is 1. The molecule has 1 amide bonds. The number of hydrogen-bond donors (Lipinski definition) is 2. The Morgan fingerprint density at radius 3 is 2.89 bits per heavy atom. The van der Waals surface area contributed by atoms with Crippen molar-refractivity contribution in [2.75, 3.05) is 12.4 Å². The van der Waals surface area contributed by atoms with E-state index < -0.39 is 11.4 Å². The molecule has 2 aromatic rings. The van der Waals surface area contributed by atoms with Gasteiger partial charge in [-0.25, -0.2) is 9.98 Å². The topological polar surface area (TPSA) is 102 Å². The number of pyridine rings is 2. The number of nitrogens with two attached hydrogens (primary N) is 1. The highest BCUT2D eigenvalue weighted by molar-refractivity contribution is 8.14. The number of carbonyl (C=O) groups is 1. The minimum absolute atomic E-state index is 0.118. The quantitative estimate of drug-likeness (QED) is 0.807. The van der Waals surface area contributed by atoms with Gasteiger partial charge in [0.25, 0.3) is 5.91 Å². The lowest BCUT2D eigenvalue weighted by atomic mass is 9.91. The zero-order valence-electron chi connectivity index (χ0n) is 15.2. The average Bonchev–Trinajstić information content (AvgIpc) is 2.60. The summed E-state index contributed by atoms with van der Waals surface area (Å²) >= 11 is 7.68. The van der Waals surface area contributed by atoms with E-state index in [0.717, 1.165) is 12.1 Å². The van der Waals surface area contributed by atoms with Gasteiger partial charge in [0.2, 0.25) is 0 Å². The monoisotopic (exact) mass is 405 g/mol. The van der Waals surface area contributed by atoms with Crippen molar-refractivity contribution in [1.82, 2.24) is 9.97 Å². The van der Waals surface area contributed by atoms with Crippen LogP contribution in [0.3, 0.4) is 0 Å². The lowest BCUT2D eigenvalue weighted by Crippen LogP contribution is -2.33. The molecule has 7 nitrogen and oxygen atoms in total. The van der Waals surface area contributed by atoms with E-state index in [4.69, 9.17) is 22.1 Å². The summed E-state index contributed by atoms with van der Waals surface area (Å²) in [6.45, 7) is 4.10. The summed E-state index contributed by atoms with van der Waals surface area (Å²) in [6, 6.07) is 5.05. The second-order valence-corrected chi connectivity index (χ2v) is 8.31. The number of carbonyl (C=O) groups excluding carboxylic acids is 1. The molecule has 9 heteroatoms. The Bertz CT molecular complexity index is 907. The van der Waals surface area contributed by atoms with E-state index in [2.05, 4.69) is 27.2 Å². The third-order valence-corrected chi connectivity index (χ3v) is 5.39. The van der Waals surface area contributed by atoms with Crippen LogP contribution in [0, 0.1) is 0 Å². The van der Waals surface area contributed by atoms with Crippen LogP contribution in [0.25, 0.3) is 0 Å². The van der Waals surface area contributed by atoms with E-state index in [-0.39, 0.29) is 10.7 Å². The molecular formula is C18H20ClN5O2S. The Morgan fingerprint density at radius 1 is 1.44 bits per heavy atom. The number of hydrogen-bond acceptors (Lipinski definition) is 7. The molecule has 3 N–H and O–H groups in total. The van der Waals surface area contributed by atoms with Gasteiger partial charge in [-0.3, -0.25) is 9.78 Å². The second kappa shape index (κ2) is 7.74. The summed E-state index contributed by atoms with van der Waals surface area (Å²) in [5, 5.41) is 3.89. The molecule has 0 radical (unpaired) electrons. The maximum atomic E-state index is 12.5. The highest BCUT2D eigenvalue weighted by atomic mass is 35.5. The van der Waals surface area contributed by atoms with Crippen molar-refractivity contribution in [3.8, 4) is 5.75 Å². The first-order valence-electron chi connectivity index (χ1n) is 8.30. The second-order valence-electron chi connectivity index (χ2n) is 6.45. The van der Waals surface area contributed by atoms with E-state index in [1.165, 1.54) is 13.3 Å². The minimum Gasteiger partial charge on any atom is -0.495 e. The summed E-state index contributed by atoms with van der Waals surface area (Å²) in [5.41, 5.74) is 6.86. The van der Waals surface area contributed by atoms with E-state index in [9.17, 15) is 4.79 Å². The molecule has 142 valence electrons. The van der Waals surface area contributed by atoms with E-state index in [0.29, 0.717) is 21.9 Å². The molecule has 0 aliphatic carbocycles. The number of amidine groups is 1. The number of nitrogens with zero attached hydrogens (tertiary/aromatic N) is 3. The number of aliphatic imine (C=N–C) groups is 1. The fraction of sp³-hybridized carbons (Fsp3) is 0.333. The van der Waals surface area contributed by atoms with Crippen LogP contribution in [0.4, 0.5) is 5.69 Å². The summed E-state index contributed by atoms with van der Waals surface area (Å²) in [4.78, 5) is 25.6. The molecule has 1 aliphatic rings. The predicted molar refractivity (Wildman–Crippen MR) is 109 cm³/mol. The van der Waals surface area contributed by atoms with Gasteiger partial charge < -0.3 is 15.8 Å². The molecule has 27 heavy (non-hydrogen) atoms. The summed E-state index contributed by atoms with van der Waals surface area (Å²) in [5.74, 6) is 0.0657. The first-order valence-corrected chi connectivity index (χ1v) is 9.56. The number of methoxy groups -OCH3 is 1. The molecule has 0 fully saturated rings. The molecule has 0 spiro atoms. The molecule has 1 aliphatic heterocycles. The predicted octanol–water partition coefficient (Wildman–Crippen LogP) is 3.45. The number of ether oxygens (including phenoxy) is 1. The van der Waals surface area contributed by atoms with Gasteiger partial charge in [0.15, 0.2) is 5.17 Å². The zero-order valence-corrected chi connectivity index (χ0v) is 16.8. The molecule has 3 rings (SSSR count). The van der Waals surface area contributed by atoms with E-state index >= 15 is 0 Å². The minimum atomic E-state index is -0.536. The lowest BCUT2D eigenvalue weighted by molar-refractivity contribution is 0.102. The van der Waals surface area contributed by atoms with Crippen LogP contribution in [-0.4, -0.2) is 33.4 Å². The first kappa shape index (κ1) is 19.4. The van der Waals surface area contributed by atoms with Gasteiger partial charge in [-0.2, -0.15) is 0 Å². The van der Waals surface area contributed by atoms with Crippen molar-refractivity contribution in [2.45, 2.75) is 31.1 Å². The molecule has 0 saturated carbocycles. The molecule has 0 saturated heterocycles. The van der Waals surface area contributed by atoms with Crippen molar-refractivity contribution < 1.29 is 9.53 Å². The maximum absolute atomic E-state index is 12.5. The van der Waals surface area contributed by atoms with Crippen molar-refractivity contribution in [3.05, 3.63) is 47.0 Å². The first-order chi connectivity index (χ1) is 12.8. The molecule has 2 aromatic heterocycles. The van der Waals surface area contributed by atoms with E-state index in [1.54, 1.807) is 36.2 Å². The molecule has 3 heterocycles. The van der Waals surface area contributed by atoms with Crippen LogP contribution >= 0.6 is 23.4 Å². The third-order valence-electron chi connectivity index (χ3n) is 4.20. The third kappa shape index (κ3) is 4.33. The molecule has 0 aromatic carbocycles. The van der Waals surface area contributed by atoms with Gasteiger partial charge in [0, 0.05) is 23.2 Å². The van der Waals surface area contributed by atoms with Gasteiger partial charge in [-0.1, -0.05) is 30.3 Å². The maximum Gasteiger partial charge on any atom is 0.275 e. The lowest BCUT2D eigenvalue weighted by Gasteiger charge is -2.32.